The lowest BCUT2D eigenvalue weighted by Gasteiger charge is -2.46. The number of sulfonamides is 1. The number of hydrogen-bond donors (Lipinski definition) is 0. The lowest BCUT2D eigenvalue weighted by molar-refractivity contribution is -0.143. The van der Waals surface area contributed by atoms with E-state index in [-0.39, 0.29) is 23.3 Å². The number of piperidine rings is 2. The molecule has 154 valence electrons. The van der Waals surface area contributed by atoms with E-state index in [1.165, 1.54) is 30.0 Å². The number of hydrogen-bond acceptors (Lipinski definition) is 3. The zero-order valence-corrected chi connectivity index (χ0v) is 17.8. The number of carbonyl (C=O) groups is 1. The highest BCUT2D eigenvalue weighted by atomic mass is 35.5. The van der Waals surface area contributed by atoms with Gasteiger partial charge in [-0.25, -0.2) is 8.42 Å². The summed E-state index contributed by atoms with van der Waals surface area (Å²) in [5, 5.41) is 0.512. The summed E-state index contributed by atoms with van der Waals surface area (Å²) < 4.78 is 27.5. The molecule has 1 aromatic carbocycles. The molecular formula is C21H29ClN2O3S. The zero-order valence-electron chi connectivity index (χ0n) is 16.2. The quantitative estimate of drug-likeness (QED) is 0.738. The largest absolute Gasteiger partial charge is 0.339 e. The number of fused-ring (bicyclic) bond motifs is 1. The molecule has 4 rings (SSSR count). The molecule has 1 amide bonds. The van der Waals surface area contributed by atoms with Crippen molar-refractivity contribution in [2.45, 2.75) is 62.3 Å². The van der Waals surface area contributed by atoms with E-state index in [4.69, 9.17) is 11.6 Å². The zero-order chi connectivity index (χ0) is 19.7. The highest BCUT2D eigenvalue weighted by Gasteiger charge is 2.40. The summed E-state index contributed by atoms with van der Waals surface area (Å²) in [4.78, 5) is 15.7. The lowest BCUT2D eigenvalue weighted by Crippen LogP contribution is -2.54. The lowest BCUT2D eigenvalue weighted by atomic mass is 9.77. The maximum absolute atomic E-state index is 13.3. The first-order chi connectivity index (χ1) is 13.5. The van der Waals surface area contributed by atoms with Crippen molar-refractivity contribution in [1.29, 1.82) is 0 Å². The Bertz CT molecular complexity index is 809. The van der Waals surface area contributed by atoms with Crippen LogP contribution in [0.2, 0.25) is 5.02 Å². The Hall–Kier alpha value is -1.11. The van der Waals surface area contributed by atoms with Crippen LogP contribution in [0, 0.1) is 11.8 Å². The van der Waals surface area contributed by atoms with Gasteiger partial charge in [-0.15, -0.1) is 0 Å². The van der Waals surface area contributed by atoms with Crippen molar-refractivity contribution < 1.29 is 13.2 Å². The van der Waals surface area contributed by atoms with E-state index in [1.807, 2.05) is 0 Å². The molecule has 0 bridgehead atoms. The third-order valence-electron chi connectivity index (χ3n) is 6.71. The molecule has 2 saturated heterocycles. The number of halogens is 1. The minimum absolute atomic E-state index is 0.174. The van der Waals surface area contributed by atoms with E-state index in [9.17, 15) is 13.2 Å². The van der Waals surface area contributed by atoms with Gasteiger partial charge in [0.1, 0.15) is 0 Å². The van der Waals surface area contributed by atoms with Crippen LogP contribution in [-0.2, 0) is 14.8 Å². The molecule has 0 spiro atoms. The molecule has 1 aromatic rings. The number of benzene rings is 1. The van der Waals surface area contributed by atoms with Crippen molar-refractivity contribution in [2.24, 2.45) is 11.8 Å². The summed E-state index contributed by atoms with van der Waals surface area (Å²) in [6.45, 7) is 1.60. The van der Waals surface area contributed by atoms with Crippen molar-refractivity contribution in [3.05, 3.63) is 29.3 Å². The van der Waals surface area contributed by atoms with E-state index in [2.05, 4.69) is 4.90 Å². The molecule has 0 N–H and O–H groups in total. The average Bonchev–Trinajstić information content (AvgIpc) is 2.73. The molecule has 1 saturated carbocycles. The molecule has 3 atom stereocenters. The monoisotopic (exact) mass is 424 g/mol. The van der Waals surface area contributed by atoms with Gasteiger partial charge in [-0.05, 0) is 68.7 Å². The van der Waals surface area contributed by atoms with E-state index in [1.54, 1.807) is 24.3 Å². The van der Waals surface area contributed by atoms with Crippen molar-refractivity contribution >= 4 is 27.5 Å². The molecule has 1 aliphatic carbocycles. The van der Waals surface area contributed by atoms with Gasteiger partial charge < -0.3 is 4.90 Å². The van der Waals surface area contributed by atoms with E-state index in [0.717, 1.165) is 32.2 Å². The summed E-state index contributed by atoms with van der Waals surface area (Å²) >= 11 is 5.90. The summed E-state index contributed by atoms with van der Waals surface area (Å²) in [7, 11) is -3.60. The number of likely N-dealkylation sites (tertiary alicyclic amines) is 1. The van der Waals surface area contributed by atoms with Crippen molar-refractivity contribution in [3.63, 3.8) is 0 Å². The minimum Gasteiger partial charge on any atom is -0.339 e. The number of rotatable bonds is 3. The highest BCUT2D eigenvalue weighted by Crippen LogP contribution is 2.37. The Labute approximate surface area is 173 Å². The number of carbonyl (C=O) groups excluding carboxylic acids is 1. The molecule has 0 aromatic heterocycles. The van der Waals surface area contributed by atoms with Crippen molar-refractivity contribution in [3.8, 4) is 0 Å². The average molecular weight is 425 g/mol. The Balaban J connectivity index is 1.48. The summed E-state index contributed by atoms with van der Waals surface area (Å²) in [6, 6.07) is 6.65. The molecule has 0 radical (unpaired) electrons. The first kappa shape index (κ1) is 20.2. The second-order valence-electron chi connectivity index (χ2n) is 8.44. The van der Waals surface area contributed by atoms with Gasteiger partial charge in [0.2, 0.25) is 15.9 Å². The Morgan fingerprint density at radius 3 is 2.39 bits per heavy atom. The standard InChI is InChI=1S/C21H29ClN2O3S/c22-18-9-11-19(12-10-18)28(26,27)23-13-3-7-17(15-23)21(25)24-14-4-6-16-5-1-2-8-20(16)24/h9-12,16-17,20H,1-8,13-15H2/t16-,17-,20+/m1/s1. The van der Waals surface area contributed by atoms with Crippen LogP contribution in [0.1, 0.15) is 51.4 Å². The molecule has 2 aliphatic heterocycles. The molecule has 0 unspecified atom stereocenters. The van der Waals surface area contributed by atoms with Gasteiger partial charge in [-0.3, -0.25) is 4.79 Å². The molecule has 3 fully saturated rings. The molecular weight excluding hydrogens is 396 g/mol. The Kier molecular flexibility index (Phi) is 6.00. The molecule has 28 heavy (non-hydrogen) atoms. The van der Waals surface area contributed by atoms with Gasteiger partial charge in [0.25, 0.3) is 0 Å². The minimum atomic E-state index is -3.60. The normalized spacial score (nSPS) is 29.3. The third kappa shape index (κ3) is 3.96. The van der Waals surface area contributed by atoms with Gasteiger partial charge in [-0.2, -0.15) is 4.31 Å². The van der Waals surface area contributed by atoms with Gasteiger partial charge >= 0.3 is 0 Å². The van der Waals surface area contributed by atoms with Crippen LogP contribution in [0.4, 0.5) is 0 Å². The number of nitrogens with zero attached hydrogens (tertiary/aromatic N) is 2. The van der Waals surface area contributed by atoms with Gasteiger partial charge in [0.15, 0.2) is 0 Å². The Morgan fingerprint density at radius 2 is 1.61 bits per heavy atom. The van der Waals surface area contributed by atoms with Crippen molar-refractivity contribution in [1.82, 2.24) is 9.21 Å². The van der Waals surface area contributed by atoms with E-state index < -0.39 is 10.0 Å². The predicted molar refractivity (Wildman–Crippen MR) is 110 cm³/mol. The second kappa shape index (κ2) is 8.33. The van der Waals surface area contributed by atoms with Crippen LogP contribution in [0.5, 0.6) is 0 Å². The first-order valence-electron chi connectivity index (χ1n) is 10.5. The maximum Gasteiger partial charge on any atom is 0.243 e. The second-order valence-corrected chi connectivity index (χ2v) is 10.8. The van der Waals surface area contributed by atoms with Crippen molar-refractivity contribution in [2.75, 3.05) is 19.6 Å². The molecule has 2 heterocycles. The summed E-state index contributed by atoms with van der Waals surface area (Å²) in [5.41, 5.74) is 0. The predicted octanol–water partition coefficient (Wildman–Crippen LogP) is 3.92. The van der Waals surface area contributed by atoms with E-state index in [0.29, 0.717) is 23.5 Å². The molecule has 7 heteroatoms. The molecule has 3 aliphatic rings. The Morgan fingerprint density at radius 1 is 0.929 bits per heavy atom. The van der Waals surface area contributed by atoms with E-state index >= 15 is 0 Å². The van der Waals surface area contributed by atoms with Crippen LogP contribution in [0.25, 0.3) is 0 Å². The summed E-state index contributed by atoms with van der Waals surface area (Å²) in [5.74, 6) is 0.591. The van der Waals surface area contributed by atoms with Gasteiger partial charge in [-0.1, -0.05) is 24.4 Å². The van der Waals surface area contributed by atoms with Crippen LogP contribution in [0.15, 0.2) is 29.2 Å². The fourth-order valence-electron chi connectivity index (χ4n) is 5.25. The van der Waals surface area contributed by atoms with Crippen LogP contribution < -0.4 is 0 Å². The fraction of sp³-hybridized carbons (Fsp3) is 0.667. The van der Waals surface area contributed by atoms with Crippen LogP contribution >= 0.6 is 11.6 Å². The topological polar surface area (TPSA) is 57.7 Å². The highest BCUT2D eigenvalue weighted by molar-refractivity contribution is 7.89. The maximum atomic E-state index is 13.3. The van der Waals surface area contributed by atoms with Crippen LogP contribution in [0.3, 0.4) is 0 Å². The van der Waals surface area contributed by atoms with Crippen LogP contribution in [-0.4, -0.2) is 49.2 Å². The molecule has 5 nitrogen and oxygen atoms in total. The number of amides is 1. The fourth-order valence-corrected chi connectivity index (χ4v) is 6.90. The SMILES string of the molecule is O=C([C@@H]1CCCN(S(=O)(=O)c2ccc(Cl)cc2)C1)N1CCC[C@H]2CCCC[C@@H]21. The van der Waals surface area contributed by atoms with Gasteiger partial charge in [0, 0.05) is 30.7 Å². The first-order valence-corrected chi connectivity index (χ1v) is 12.3. The summed E-state index contributed by atoms with van der Waals surface area (Å²) in [6.07, 6.45) is 8.63. The van der Waals surface area contributed by atoms with Gasteiger partial charge in [0.05, 0.1) is 10.8 Å². The third-order valence-corrected chi connectivity index (χ3v) is 8.84. The smallest absolute Gasteiger partial charge is 0.243 e.